The highest BCUT2D eigenvalue weighted by molar-refractivity contribution is 6.07. The number of anilines is 1. The molecule has 1 atom stereocenters. The number of nitrogens with zero attached hydrogens (tertiary/aromatic N) is 5. The number of para-hydroxylation sites is 1. The molecule has 0 bridgehead atoms. The van der Waals surface area contributed by atoms with Crippen molar-refractivity contribution < 1.29 is 4.79 Å². The van der Waals surface area contributed by atoms with Gasteiger partial charge in [-0.3, -0.25) is 4.79 Å². The fourth-order valence-corrected chi connectivity index (χ4v) is 3.61. The number of carbonyl (C=O) groups excluding carboxylic acids is 1. The van der Waals surface area contributed by atoms with Crippen molar-refractivity contribution in [1.29, 1.82) is 0 Å². The van der Waals surface area contributed by atoms with Crippen molar-refractivity contribution in [2.24, 2.45) is 0 Å². The number of fused-ring (bicyclic) bond motifs is 1. The van der Waals surface area contributed by atoms with Crippen LogP contribution < -0.4 is 4.90 Å². The zero-order valence-electron chi connectivity index (χ0n) is 15.2. The fraction of sp³-hybridized carbons (Fsp3) is 0.350. The quantitative estimate of drug-likeness (QED) is 0.729. The molecule has 1 aromatic carbocycles. The van der Waals surface area contributed by atoms with Crippen molar-refractivity contribution in [3.63, 3.8) is 0 Å². The molecule has 1 aliphatic rings. The second kappa shape index (κ2) is 6.78. The maximum Gasteiger partial charge on any atom is 0.254 e. The van der Waals surface area contributed by atoms with E-state index in [0.717, 1.165) is 41.7 Å². The molecule has 0 N–H and O–H groups in total. The normalized spacial score (nSPS) is 17.5. The average molecular weight is 349 g/mol. The highest BCUT2D eigenvalue weighted by Crippen LogP contribution is 2.27. The summed E-state index contributed by atoms with van der Waals surface area (Å²) in [6.45, 7) is 1.50. The minimum absolute atomic E-state index is 0.0801. The first kappa shape index (κ1) is 16.6. The van der Waals surface area contributed by atoms with Gasteiger partial charge in [0.15, 0.2) is 0 Å². The Bertz CT molecular complexity index is 919. The topological polar surface area (TPSA) is 54.3 Å². The molecule has 0 spiro atoms. The maximum absolute atomic E-state index is 13.4. The Balaban J connectivity index is 1.69. The van der Waals surface area contributed by atoms with E-state index >= 15 is 0 Å². The van der Waals surface area contributed by atoms with Crippen LogP contribution in [0.1, 0.15) is 29.2 Å². The van der Waals surface area contributed by atoms with Gasteiger partial charge in [-0.1, -0.05) is 18.2 Å². The molecule has 3 aromatic rings. The van der Waals surface area contributed by atoms with Gasteiger partial charge in [0.05, 0.1) is 23.4 Å². The number of rotatable bonds is 3. The Labute approximate surface area is 153 Å². The summed E-state index contributed by atoms with van der Waals surface area (Å²) in [6.07, 6.45) is 7.67. The van der Waals surface area contributed by atoms with Crippen molar-refractivity contribution in [1.82, 2.24) is 19.4 Å². The van der Waals surface area contributed by atoms with Crippen molar-refractivity contribution in [2.45, 2.75) is 18.9 Å². The van der Waals surface area contributed by atoms with Gasteiger partial charge >= 0.3 is 0 Å². The number of aromatic nitrogens is 3. The van der Waals surface area contributed by atoms with E-state index in [4.69, 9.17) is 0 Å². The van der Waals surface area contributed by atoms with Gasteiger partial charge in [-0.15, -0.1) is 0 Å². The molecule has 0 radical (unpaired) electrons. The van der Waals surface area contributed by atoms with Crippen molar-refractivity contribution in [3.05, 3.63) is 54.6 Å². The second-order valence-electron chi connectivity index (χ2n) is 7.00. The van der Waals surface area contributed by atoms with Gasteiger partial charge in [0.2, 0.25) is 0 Å². The van der Waals surface area contributed by atoms with Gasteiger partial charge in [0, 0.05) is 45.0 Å². The monoisotopic (exact) mass is 349 g/mol. The van der Waals surface area contributed by atoms with Gasteiger partial charge in [0.1, 0.15) is 5.82 Å². The third-order valence-electron chi connectivity index (χ3n) is 5.02. The Morgan fingerprint density at radius 1 is 1.27 bits per heavy atom. The minimum Gasteiger partial charge on any atom is -0.363 e. The lowest BCUT2D eigenvalue weighted by atomic mass is 10.0. The molecule has 0 aliphatic carbocycles. The molecule has 1 saturated heterocycles. The van der Waals surface area contributed by atoms with E-state index in [1.807, 2.05) is 66.8 Å². The van der Waals surface area contributed by atoms with Gasteiger partial charge in [-0.05, 0) is 25.0 Å². The Hall–Kier alpha value is -2.89. The molecule has 1 aliphatic heterocycles. The third-order valence-corrected chi connectivity index (χ3v) is 5.02. The summed E-state index contributed by atoms with van der Waals surface area (Å²) in [5, 5.41) is 0.910. The summed E-state index contributed by atoms with van der Waals surface area (Å²) in [5.74, 6) is 0.881. The number of pyridine rings is 1. The molecule has 0 saturated carbocycles. The number of likely N-dealkylation sites (tertiary alicyclic amines) is 1. The maximum atomic E-state index is 13.4. The predicted molar refractivity (Wildman–Crippen MR) is 102 cm³/mol. The van der Waals surface area contributed by atoms with E-state index in [0.29, 0.717) is 6.54 Å². The molecule has 26 heavy (non-hydrogen) atoms. The molecule has 134 valence electrons. The van der Waals surface area contributed by atoms with Crippen LogP contribution in [0.3, 0.4) is 0 Å². The average Bonchev–Trinajstić information content (AvgIpc) is 3.21. The lowest BCUT2D eigenvalue weighted by molar-refractivity contribution is 0.0681. The number of imidazole rings is 1. The summed E-state index contributed by atoms with van der Waals surface area (Å²) >= 11 is 0. The highest BCUT2D eigenvalue weighted by atomic mass is 16.2. The Morgan fingerprint density at radius 2 is 2.12 bits per heavy atom. The molecule has 4 rings (SSSR count). The number of hydrogen-bond donors (Lipinski definition) is 0. The zero-order valence-corrected chi connectivity index (χ0v) is 15.2. The van der Waals surface area contributed by atoms with E-state index in [1.165, 1.54) is 0 Å². The van der Waals surface area contributed by atoms with E-state index in [2.05, 4.69) is 14.5 Å². The smallest absolute Gasteiger partial charge is 0.254 e. The van der Waals surface area contributed by atoms with E-state index in [9.17, 15) is 4.79 Å². The molecule has 1 amide bonds. The lowest BCUT2D eigenvalue weighted by Crippen LogP contribution is -2.40. The second-order valence-corrected chi connectivity index (χ2v) is 7.00. The standard InChI is InChI=1S/C20H23N5O/c1-23(2)19-12-17(16-7-3-4-8-18(16)22-19)20(26)24-10-5-6-15(13-24)25-11-9-21-14-25/h3-4,7-9,11-12,14-15H,5-6,10,13H2,1-2H3. The molecule has 1 unspecified atom stereocenters. The molecule has 1 fully saturated rings. The number of piperidine rings is 1. The van der Waals surface area contributed by atoms with Gasteiger partial charge in [0.25, 0.3) is 5.91 Å². The number of benzene rings is 1. The lowest BCUT2D eigenvalue weighted by Gasteiger charge is -2.33. The van der Waals surface area contributed by atoms with Crippen molar-refractivity contribution >= 4 is 22.6 Å². The first-order chi connectivity index (χ1) is 12.6. The van der Waals surface area contributed by atoms with E-state index in [-0.39, 0.29) is 11.9 Å². The van der Waals surface area contributed by atoms with Gasteiger partial charge in [-0.25, -0.2) is 9.97 Å². The summed E-state index contributed by atoms with van der Waals surface area (Å²) in [7, 11) is 3.89. The molecule has 3 heterocycles. The van der Waals surface area contributed by atoms with Crippen LogP contribution in [0.25, 0.3) is 10.9 Å². The first-order valence-corrected chi connectivity index (χ1v) is 8.97. The summed E-state index contributed by atoms with van der Waals surface area (Å²) in [6, 6.07) is 10.1. The Kier molecular flexibility index (Phi) is 4.32. The van der Waals surface area contributed by atoms with E-state index < -0.39 is 0 Å². The fourth-order valence-electron chi connectivity index (χ4n) is 3.61. The predicted octanol–water partition coefficient (Wildman–Crippen LogP) is 2.97. The number of hydrogen-bond acceptors (Lipinski definition) is 4. The van der Waals surface area contributed by atoms with Crippen LogP contribution in [0.15, 0.2) is 49.1 Å². The Morgan fingerprint density at radius 3 is 2.88 bits per heavy atom. The minimum atomic E-state index is 0.0801. The van der Waals surface area contributed by atoms with Crippen LogP contribution in [0.2, 0.25) is 0 Å². The van der Waals surface area contributed by atoms with Crippen LogP contribution in [-0.4, -0.2) is 52.5 Å². The van der Waals surface area contributed by atoms with E-state index in [1.54, 1.807) is 6.20 Å². The number of amides is 1. The highest BCUT2D eigenvalue weighted by Gasteiger charge is 2.26. The molecular weight excluding hydrogens is 326 g/mol. The first-order valence-electron chi connectivity index (χ1n) is 8.97. The largest absolute Gasteiger partial charge is 0.363 e. The number of carbonyl (C=O) groups is 1. The van der Waals surface area contributed by atoms with Crippen LogP contribution >= 0.6 is 0 Å². The summed E-state index contributed by atoms with van der Waals surface area (Å²) in [5.41, 5.74) is 1.58. The SMILES string of the molecule is CN(C)c1cc(C(=O)N2CCCC(n3ccnc3)C2)c2ccccc2n1. The third kappa shape index (κ3) is 3.03. The zero-order chi connectivity index (χ0) is 18.1. The van der Waals surface area contributed by atoms with Crippen LogP contribution in [0, 0.1) is 0 Å². The van der Waals surface area contributed by atoms with Crippen LogP contribution in [-0.2, 0) is 0 Å². The summed E-state index contributed by atoms with van der Waals surface area (Å²) in [4.78, 5) is 26.1. The molecule has 2 aromatic heterocycles. The summed E-state index contributed by atoms with van der Waals surface area (Å²) < 4.78 is 2.11. The van der Waals surface area contributed by atoms with Gasteiger partial charge < -0.3 is 14.4 Å². The van der Waals surface area contributed by atoms with Crippen molar-refractivity contribution in [3.8, 4) is 0 Å². The van der Waals surface area contributed by atoms with Crippen molar-refractivity contribution in [2.75, 3.05) is 32.1 Å². The van der Waals surface area contributed by atoms with Crippen LogP contribution in [0.4, 0.5) is 5.82 Å². The molecular formula is C20H23N5O. The molecule has 6 nitrogen and oxygen atoms in total. The molecule has 6 heteroatoms. The van der Waals surface area contributed by atoms with Gasteiger partial charge in [-0.2, -0.15) is 0 Å². The van der Waals surface area contributed by atoms with Crippen LogP contribution in [0.5, 0.6) is 0 Å².